The number of imidazole rings is 1. The van der Waals surface area contributed by atoms with E-state index in [-0.39, 0.29) is 5.56 Å². The lowest BCUT2D eigenvalue weighted by Crippen LogP contribution is -2.20. The summed E-state index contributed by atoms with van der Waals surface area (Å²) in [6.45, 7) is 0.427. The Morgan fingerprint density at radius 2 is 1.61 bits per heavy atom. The third-order valence-electron chi connectivity index (χ3n) is 5.93. The molecule has 3 heterocycles. The van der Waals surface area contributed by atoms with Gasteiger partial charge in [-0.3, -0.25) is 13.9 Å². The summed E-state index contributed by atoms with van der Waals surface area (Å²) < 4.78 is 9.43. The summed E-state index contributed by atoms with van der Waals surface area (Å²) in [5, 5.41) is 3.93. The van der Waals surface area contributed by atoms with Crippen molar-refractivity contribution in [1.82, 2.24) is 24.1 Å². The normalized spacial score (nSPS) is 11.0. The van der Waals surface area contributed by atoms with Gasteiger partial charge >= 0.3 is 5.56 Å². The molecule has 0 amide bonds. The lowest BCUT2D eigenvalue weighted by atomic mass is 10.2. The minimum atomic E-state index is -0.383. The summed E-state index contributed by atoms with van der Waals surface area (Å²) in [7, 11) is 0. The fraction of sp³-hybridized carbons (Fsp3) is 0.0345. The maximum Gasteiger partial charge on any atom is 0.301 e. The highest BCUT2D eigenvalue weighted by Gasteiger charge is 2.18. The lowest BCUT2D eigenvalue weighted by molar-refractivity contribution is 0.463. The molecule has 1 N–H and O–H groups in total. The molecule has 3 aromatic carbocycles. The molecule has 9 heteroatoms. The number of para-hydroxylation sites is 1. The molecule has 6 rings (SSSR count). The van der Waals surface area contributed by atoms with Crippen LogP contribution in [0.1, 0.15) is 5.56 Å². The Bertz CT molecular complexity index is 1750. The molecule has 0 aliphatic carbocycles. The number of halogens is 1. The second kappa shape index (κ2) is 10.2. The van der Waals surface area contributed by atoms with Gasteiger partial charge < -0.3 is 10.1 Å². The minimum absolute atomic E-state index is 0.370. The zero-order valence-electron chi connectivity index (χ0n) is 20.0. The first kappa shape index (κ1) is 23.4. The molecule has 0 unspecified atom stereocenters. The number of hydrogen-bond donors (Lipinski definition) is 1. The summed E-state index contributed by atoms with van der Waals surface area (Å²) >= 11 is 6.10. The molecule has 0 saturated heterocycles. The minimum Gasteiger partial charge on any atom is -0.439 e. The Morgan fingerprint density at radius 1 is 0.842 bits per heavy atom. The number of hydrogen-bond acceptors (Lipinski definition) is 6. The molecule has 0 spiro atoms. The lowest BCUT2D eigenvalue weighted by Gasteiger charge is -2.16. The van der Waals surface area contributed by atoms with Crippen molar-refractivity contribution < 1.29 is 4.74 Å². The molecule has 0 atom stereocenters. The van der Waals surface area contributed by atoms with Gasteiger partial charge in [0.1, 0.15) is 12.1 Å². The van der Waals surface area contributed by atoms with E-state index >= 15 is 0 Å². The van der Waals surface area contributed by atoms with Gasteiger partial charge in [-0.25, -0.2) is 9.97 Å². The third kappa shape index (κ3) is 4.85. The van der Waals surface area contributed by atoms with Crippen molar-refractivity contribution in [2.45, 2.75) is 6.54 Å². The maximum atomic E-state index is 13.3. The Balaban J connectivity index is 1.39. The van der Waals surface area contributed by atoms with Crippen LogP contribution in [-0.2, 0) is 6.54 Å². The van der Waals surface area contributed by atoms with E-state index in [1.54, 1.807) is 23.2 Å². The van der Waals surface area contributed by atoms with Crippen molar-refractivity contribution in [3.05, 3.63) is 131 Å². The van der Waals surface area contributed by atoms with Crippen molar-refractivity contribution in [3.8, 4) is 17.3 Å². The Labute approximate surface area is 222 Å². The van der Waals surface area contributed by atoms with Gasteiger partial charge in [0.2, 0.25) is 11.8 Å². The van der Waals surface area contributed by atoms with Crippen molar-refractivity contribution in [2.24, 2.45) is 0 Å². The summed E-state index contributed by atoms with van der Waals surface area (Å²) in [5.74, 6) is 1.51. The standard InChI is InChI=1S/C29H21ClN6O2/c30-21-11-9-20(10-12-21)18-35-27-26(36(19-32-27)23-6-2-1-3-7-23)28(37)34-29(35)33-22-13-15-24(16-14-22)38-25-8-4-5-17-31-25/h1-17,19H,18H2,(H,33,34,37). The van der Waals surface area contributed by atoms with Crippen LogP contribution in [0.25, 0.3) is 16.9 Å². The van der Waals surface area contributed by atoms with Crippen LogP contribution in [-0.4, -0.2) is 24.1 Å². The van der Waals surface area contributed by atoms with Gasteiger partial charge in [0.05, 0.1) is 6.54 Å². The SMILES string of the molecule is O=c1nc(Nc2ccc(Oc3ccccn3)cc2)n(Cc2ccc(Cl)cc2)c2ncn(-c3ccccc3)c12. The van der Waals surface area contributed by atoms with E-state index in [1.165, 1.54) is 0 Å². The number of aromatic nitrogens is 5. The van der Waals surface area contributed by atoms with Crippen molar-refractivity contribution in [3.63, 3.8) is 0 Å². The fourth-order valence-corrected chi connectivity index (χ4v) is 4.24. The monoisotopic (exact) mass is 520 g/mol. The second-order valence-corrected chi connectivity index (χ2v) is 8.93. The van der Waals surface area contributed by atoms with Crippen LogP contribution in [0.15, 0.2) is 114 Å². The van der Waals surface area contributed by atoms with Gasteiger partial charge in [0.25, 0.3) is 0 Å². The number of benzene rings is 3. The van der Waals surface area contributed by atoms with Crippen molar-refractivity contribution in [2.75, 3.05) is 5.32 Å². The summed E-state index contributed by atoms with van der Waals surface area (Å²) in [6, 6.07) is 30.0. The highest BCUT2D eigenvalue weighted by Crippen LogP contribution is 2.25. The van der Waals surface area contributed by atoms with Crippen LogP contribution in [0.5, 0.6) is 11.6 Å². The average molecular weight is 521 g/mol. The molecule has 3 aromatic heterocycles. The Morgan fingerprint density at radius 3 is 2.34 bits per heavy atom. The van der Waals surface area contributed by atoms with Crippen molar-refractivity contribution in [1.29, 1.82) is 0 Å². The van der Waals surface area contributed by atoms with Crippen molar-refractivity contribution >= 4 is 34.4 Å². The maximum absolute atomic E-state index is 13.3. The first-order valence-electron chi connectivity index (χ1n) is 11.9. The second-order valence-electron chi connectivity index (χ2n) is 8.49. The molecule has 0 aliphatic rings. The van der Waals surface area contributed by atoms with Gasteiger partial charge in [0.15, 0.2) is 11.2 Å². The highest BCUT2D eigenvalue weighted by atomic mass is 35.5. The summed E-state index contributed by atoms with van der Waals surface area (Å²) in [6.07, 6.45) is 3.32. The molecule has 0 radical (unpaired) electrons. The summed E-state index contributed by atoms with van der Waals surface area (Å²) in [5.41, 5.74) is 3.08. The third-order valence-corrected chi connectivity index (χ3v) is 6.18. The zero-order valence-corrected chi connectivity index (χ0v) is 20.8. The first-order chi connectivity index (χ1) is 18.6. The number of anilines is 2. The number of ether oxygens (including phenoxy) is 1. The Hall–Kier alpha value is -4.95. The predicted molar refractivity (Wildman–Crippen MR) is 148 cm³/mol. The molecule has 0 bridgehead atoms. The van der Waals surface area contributed by atoms with E-state index in [9.17, 15) is 4.79 Å². The van der Waals surface area contributed by atoms with E-state index in [0.29, 0.717) is 40.3 Å². The van der Waals surface area contributed by atoms with Crippen LogP contribution in [0.3, 0.4) is 0 Å². The van der Waals surface area contributed by atoms with E-state index in [1.807, 2.05) is 95.6 Å². The van der Waals surface area contributed by atoms with E-state index < -0.39 is 0 Å². The van der Waals surface area contributed by atoms with Gasteiger partial charge in [-0.05, 0) is 60.2 Å². The smallest absolute Gasteiger partial charge is 0.301 e. The van der Waals surface area contributed by atoms with Gasteiger partial charge in [0, 0.05) is 28.7 Å². The van der Waals surface area contributed by atoms with E-state index in [0.717, 1.165) is 16.9 Å². The first-order valence-corrected chi connectivity index (χ1v) is 12.3. The van der Waals surface area contributed by atoms with Crippen LogP contribution in [0.2, 0.25) is 5.02 Å². The zero-order chi connectivity index (χ0) is 25.9. The molecule has 0 fully saturated rings. The Kier molecular flexibility index (Phi) is 6.29. The number of pyridine rings is 1. The number of nitrogens with one attached hydrogen (secondary N) is 1. The quantitative estimate of drug-likeness (QED) is 0.269. The molecule has 6 aromatic rings. The largest absolute Gasteiger partial charge is 0.439 e. The number of nitrogens with zero attached hydrogens (tertiary/aromatic N) is 5. The van der Waals surface area contributed by atoms with Crippen LogP contribution in [0, 0.1) is 0 Å². The predicted octanol–water partition coefficient (Wildman–Crippen LogP) is 6.21. The molecular formula is C29H21ClN6O2. The molecule has 0 aliphatic heterocycles. The average Bonchev–Trinajstić information content (AvgIpc) is 3.40. The van der Waals surface area contributed by atoms with Gasteiger partial charge in [-0.15, -0.1) is 0 Å². The van der Waals surface area contributed by atoms with Crippen LogP contribution < -0.4 is 15.6 Å². The number of fused-ring (bicyclic) bond motifs is 1. The van der Waals surface area contributed by atoms with Crippen LogP contribution >= 0.6 is 11.6 Å². The molecule has 0 saturated carbocycles. The topological polar surface area (TPSA) is 86.9 Å². The summed E-state index contributed by atoms with van der Waals surface area (Å²) in [4.78, 5) is 26.5. The van der Waals surface area contributed by atoms with Gasteiger partial charge in [-0.2, -0.15) is 4.98 Å². The fourth-order valence-electron chi connectivity index (χ4n) is 4.11. The van der Waals surface area contributed by atoms with E-state index in [4.69, 9.17) is 16.3 Å². The molecule has 8 nitrogen and oxygen atoms in total. The molecule has 38 heavy (non-hydrogen) atoms. The number of rotatable bonds is 7. The molecular weight excluding hydrogens is 500 g/mol. The highest BCUT2D eigenvalue weighted by molar-refractivity contribution is 6.30. The van der Waals surface area contributed by atoms with E-state index in [2.05, 4.69) is 20.3 Å². The van der Waals surface area contributed by atoms with Crippen LogP contribution in [0.4, 0.5) is 11.6 Å². The molecule has 186 valence electrons. The van der Waals surface area contributed by atoms with Gasteiger partial charge in [-0.1, -0.05) is 48.0 Å².